The fraction of sp³-hybridized carbons (Fsp3) is 0.647. The number of halogens is 1. The summed E-state index contributed by atoms with van der Waals surface area (Å²) in [7, 11) is 0. The number of nitrogens with zero attached hydrogens (tertiary/aromatic N) is 2. The van der Waals surface area contributed by atoms with Crippen molar-refractivity contribution in [3.05, 3.63) is 28.2 Å². The van der Waals surface area contributed by atoms with E-state index in [1.54, 1.807) is 0 Å². The Morgan fingerprint density at radius 3 is 2.85 bits per heavy atom. The first-order valence-corrected chi connectivity index (χ1v) is 8.75. The summed E-state index contributed by atoms with van der Waals surface area (Å²) in [6, 6.07) is 8.19. The number of piperazine rings is 1. The number of hydrogen-bond donors (Lipinski definition) is 0. The predicted octanol–water partition coefficient (Wildman–Crippen LogP) is 4.21. The minimum Gasteiger partial charge on any atom is -0.365 e. The van der Waals surface area contributed by atoms with Crippen molar-refractivity contribution in [1.82, 2.24) is 4.90 Å². The maximum atomic E-state index is 3.77. The predicted molar refractivity (Wildman–Crippen MR) is 89.5 cm³/mol. The first-order chi connectivity index (χ1) is 9.69. The molecule has 2 fully saturated rings. The highest BCUT2D eigenvalue weighted by molar-refractivity contribution is 9.10. The van der Waals surface area contributed by atoms with E-state index in [-0.39, 0.29) is 0 Å². The average Bonchev–Trinajstić information content (AvgIpc) is 2.46. The Kier molecular flexibility index (Phi) is 4.37. The van der Waals surface area contributed by atoms with Crippen molar-refractivity contribution >= 4 is 21.6 Å². The first-order valence-electron chi connectivity index (χ1n) is 7.96. The fourth-order valence-electron chi connectivity index (χ4n) is 3.74. The van der Waals surface area contributed by atoms with Crippen molar-refractivity contribution in [3.8, 4) is 0 Å². The van der Waals surface area contributed by atoms with Crippen molar-refractivity contribution in [2.45, 2.75) is 51.6 Å². The number of piperidine rings is 1. The van der Waals surface area contributed by atoms with Gasteiger partial charge >= 0.3 is 0 Å². The molecule has 3 heteroatoms. The van der Waals surface area contributed by atoms with Gasteiger partial charge in [0, 0.05) is 29.6 Å². The average molecular weight is 337 g/mol. The monoisotopic (exact) mass is 336 g/mol. The van der Waals surface area contributed by atoms with Crippen LogP contribution < -0.4 is 4.90 Å². The van der Waals surface area contributed by atoms with Crippen LogP contribution in [0.2, 0.25) is 0 Å². The molecule has 0 aromatic heterocycles. The number of anilines is 1. The van der Waals surface area contributed by atoms with Gasteiger partial charge in [0.15, 0.2) is 0 Å². The molecule has 0 bridgehead atoms. The van der Waals surface area contributed by atoms with E-state index in [1.807, 2.05) is 0 Å². The van der Waals surface area contributed by atoms with Crippen molar-refractivity contribution in [2.24, 2.45) is 0 Å². The van der Waals surface area contributed by atoms with Crippen LogP contribution >= 0.6 is 15.9 Å². The van der Waals surface area contributed by atoms with Crippen molar-refractivity contribution in [2.75, 3.05) is 24.5 Å². The fourth-order valence-corrected chi connectivity index (χ4v) is 4.46. The second-order valence-corrected chi connectivity index (χ2v) is 7.17. The number of aryl methyl sites for hydroxylation is 1. The van der Waals surface area contributed by atoms with Crippen LogP contribution in [0.3, 0.4) is 0 Å². The number of hydrogen-bond acceptors (Lipinski definition) is 2. The molecule has 110 valence electrons. The smallest absolute Gasteiger partial charge is 0.0514 e. The molecule has 2 saturated heterocycles. The van der Waals surface area contributed by atoms with Crippen LogP contribution in [0.25, 0.3) is 0 Å². The summed E-state index contributed by atoms with van der Waals surface area (Å²) in [6.45, 7) is 8.22. The summed E-state index contributed by atoms with van der Waals surface area (Å²) >= 11 is 3.77. The van der Waals surface area contributed by atoms with Gasteiger partial charge in [0.2, 0.25) is 0 Å². The van der Waals surface area contributed by atoms with Crippen LogP contribution in [-0.2, 0) is 0 Å². The van der Waals surface area contributed by atoms with Crippen molar-refractivity contribution in [3.63, 3.8) is 0 Å². The Bertz CT molecular complexity index is 474. The van der Waals surface area contributed by atoms with Crippen molar-refractivity contribution < 1.29 is 0 Å². The van der Waals surface area contributed by atoms with E-state index in [2.05, 4.69) is 57.8 Å². The molecule has 2 unspecified atom stereocenters. The minimum absolute atomic E-state index is 0.656. The van der Waals surface area contributed by atoms with Gasteiger partial charge < -0.3 is 4.90 Å². The van der Waals surface area contributed by atoms with Gasteiger partial charge in [-0.3, -0.25) is 4.90 Å². The molecule has 0 amide bonds. The van der Waals surface area contributed by atoms with Gasteiger partial charge in [-0.2, -0.15) is 0 Å². The largest absolute Gasteiger partial charge is 0.365 e. The molecule has 0 radical (unpaired) electrons. The molecule has 2 aliphatic heterocycles. The van der Waals surface area contributed by atoms with Gasteiger partial charge in [0.25, 0.3) is 0 Å². The van der Waals surface area contributed by atoms with E-state index in [0.717, 1.165) is 6.04 Å². The molecular formula is C17H25BrN2. The second-order valence-electron chi connectivity index (χ2n) is 6.31. The van der Waals surface area contributed by atoms with Crippen LogP contribution in [0, 0.1) is 6.92 Å². The molecule has 20 heavy (non-hydrogen) atoms. The molecule has 1 aromatic rings. The Balaban J connectivity index is 1.86. The molecule has 0 aliphatic carbocycles. The molecule has 2 aliphatic rings. The van der Waals surface area contributed by atoms with Gasteiger partial charge in [-0.15, -0.1) is 0 Å². The van der Waals surface area contributed by atoms with E-state index in [9.17, 15) is 0 Å². The van der Waals surface area contributed by atoms with Crippen LogP contribution in [0.4, 0.5) is 5.69 Å². The third kappa shape index (κ3) is 2.75. The lowest BCUT2D eigenvalue weighted by Crippen LogP contribution is -2.59. The molecule has 2 atom stereocenters. The zero-order valence-corrected chi connectivity index (χ0v) is 14.2. The Morgan fingerprint density at radius 1 is 1.25 bits per heavy atom. The lowest BCUT2D eigenvalue weighted by molar-refractivity contribution is 0.111. The van der Waals surface area contributed by atoms with Crippen LogP contribution in [-0.4, -0.2) is 36.6 Å². The SMILES string of the molecule is CCC1CN2CCCCC2CN1c1ccc(C)cc1Br. The van der Waals surface area contributed by atoms with Crippen LogP contribution in [0.15, 0.2) is 22.7 Å². The lowest BCUT2D eigenvalue weighted by atomic mass is 9.95. The summed E-state index contributed by atoms with van der Waals surface area (Å²) in [5.74, 6) is 0. The maximum Gasteiger partial charge on any atom is 0.0514 e. The number of benzene rings is 1. The van der Waals surface area contributed by atoms with Gasteiger partial charge in [-0.05, 0) is 66.4 Å². The molecule has 3 rings (SSSR count). The molecule has 0 N–H and O–H groups in total. The molecule has 2 nitrogen and oxygen atoms in total. The van der Waals surface area contributed by atoms with Gasteiger partial charge in [0.1, 0.15) is 0 Å². The Hall–Kier alpha value is -0.540. The minimum atomic E-state index is 0.656. The molecule has 1 aromatic carbocycles. The quantitative estimate of drug-likeness (QED) is 0.798. The molecule has 2 heterocycles. The van der Waals surface area contributed by atoms with E-state index < -0.39 is 0 Å². The highest BCUT2D eigenvalue weighted by Gasteiger charge is 2.34. The summed E-state index contributed by atoms with van der Waals surface area (Å²) in [5, 5.41) is 0. The summed E-state index contributed by atoms with van der Waals surface area (Å²) in [5.41, 5.74) is 2.71. The number of rotatable bonds is 2. The molecule has 0 spiro atoms. The Labute approximate surface area is 131 Å². The first kappa shape index (κ1) is 14.4. The third-order valence-electron chi connectivity index (χ3n) is 4.93. The summed E-state index contributed by atoms with van der Waals surface area (Å²) in [4.78, 5) is 5.38. The molecule has 0 saturated carbocycles. The van der Waals surface area contributed by atoms with Crippen LogP contribution in [0.1, 0.15) is 38.2 Å². The van der Waals surface area contributed by atoms with Crippen LogP contribution in [0.5, 0.6) is 0 Å². The highest BCUT2D eigenvalue weighted by Crippen LogP contribution is 2.34. The van der Waals surface area contributed by atoms with E-state index in [4.69, 9.17) is 0 Å². The second kappa shape index (κ2) is 6.07. The Morgan fingerprint density at radius 2 is 2.10 bits per heavy atom. The molecular weight excluding hydrogens is 312 g/mol. The normalized spacial score (nSPS) is 27.4. The van der Waals surface area contributed by atoms with E-state index >= 15 is 0 Å². The highest BCUT2D eigenvalue weighted by atomic mass is 79.9. The summed E-state index contributed by atoms with van der Waals surface area (Å²) in [6.07, 6.45) is 5.39. The van der Waals surface area contributed by atoms with Gasteiger partial charge in [-0.1, -0.05) is 19.4 Å². The van der Waals surface area contributed by atoms with Gasteiger partial charge in [0.05, 0.1) is 5.69 Å². The van der Waals surface area contributed by atoms with E-state index in [1.165, 1.54) is 61.0 Å². The number of fused-ring (bicyclic) bond motifs is 1. The maximum absolute atomic E-state index is 3.77. The van der Waals surface area contributed by atoms with E-state index in [0.29, 0.717) is 6.04 Å². The van der Waals surface area contributed by atoms with Gasteiger partial charge in [-0.25, -0.2) is 0 Å². The lowest BCUT2D eigenvalue weighted by Gasteiger charge is -2.49. The summed E-state index contributed by atoms with van der Waals surface area (Å²) < 4.78 is 1.25. The zero-order valence-electron chi connectivity index (χ0n) is 12.6. The zero-order chi connectivity index (χ0) is 14.1. The van der Waals surface area contributed by atoms with Crippen molar-refractivity contribution in [1.29, 1.82) is 0 Å². The third-order valence-corrected chi connectivity index (χ3v) is 5.56. The topological polar surface area (TPSA) is 6.48 Å². The standard InChI is InChI=1S/C17H25BrN2/c1-3-14-11-19-9-5-4-6-15(19)12-20(14)17-8-7-13(2)10-16(17)18/h7-8,10,14-15H,3-6,9,11-12H2,1-2H3.